The molecule has 0 spiro atoms. The van der Waals surface area contributed by atoms with Gasteiger partial charge in [-0.2, -0.15) is 0 Å². The average Bonchev–Trinajstić information content (AvgIpc) is 3.00. The topological polar surface area (TPSA) is 53.0 Å². The number of hydrogen-bond donors (Lipinski definition) is 1. The van der Waals surface area contributed by atoms with E-state index in [-0.39, 0.29) is 12.0 Å². The van der Waals surface area contributed by atoms with Crippen LogP contribution in [0.5, 0.6) is 5.75 Å². The number of ether oxygens (including phenoxy) is 1. The van der Waals surface area contributed by atoms with Crippen LogP contribution in [0.15, 0.2) is 24.3 Å². The number of rotatable bonds is 3. The van der Waals surface area contributed by atoms with Gasteiger partial charge in [-0.3, -0.25) is 9.69 Å². The molecule has 22 heavy (non-hydrogen) atoms. The zero-order valence-electron chi connectivity index (χ0n) is 13.1. The highest BCUT2D eigenvalue weighted by atomic mass is 16.5. The number of carbonyl (C=O) groups excluding carboxylic acids is 1. The molecule has 3 rings (SSSR count). The molecule has 2 atom stereocenters. The van der Waals surface area contributed by atoms with E-state index in [2.05, 4.69) is 4.90 Å². The lowest BCUT2D eigenvalue weighted by Gasteiger charge is -2.39. The van der Waals surface area contributed by atoms with E-state index in [4.69, 9.17) is 4.74 Å². The van der Waals surface area contributed by atoms with Gasteiger partial charge in [-0.05, 0) is 43.5 Å². The van der Waals surface area contributed by atoms with Crippen LogP contribution in [-0.2, 0) is 0 Å². The summed E-state index contributed by atoms with van der Waals surface area (Å²) in [7, 11) is 1.62. The molecule has 0 aromatic heterocycles. The zero-order valence-corrected chi connectivity index (χ0v) is 13.1. The Labute approximate surface area is 131 Å². The first-order valence-corrected chi connectivity index (χ1v) is 8.04. The quantitative estimate of drug-likeness (QED) is 0.916. The molecule has 1 saturated heterocycles. The molecular formula is C17H24N2O3. The largest absolute Gasteiger partial charge is 0.497 e. The average molecular weight is 304 g/mol. The number of methoxy groups -OCH3 is 1. The maximum absolute atomic E-state index is 12.5. The minimum Gasteiger partial charge on any atom is -0.497 e. The Morgan fingerprint density at radius 2 is 1.82 bits per heavy atom. The fourth-order valence-electron chi connectivity index (χ4n) is 3.52. The highest BCUT2D eigenvalue weighted by Gasteiger charge is 2.33. The number of carbonyl (C=O) groups is 1. The van der Waals surface area contributed by atoms with Gasteiger partial charge in [0.05, 0.1) is 13.2 Å². The van der Waals surface area contributed by atoms with Gasteiger partial charge >= 0.3 is 0 Å². The molecule has 1 saturated carbocycles. The second-order valence-corrected chi connectivity index (χ2v) is 6.12. The molecule has 120 valence electrons. The van der Waals surface area contributed by atoms with E-state index in [0.717, 1.165) is 51.2 Å². The van der Waals surface area contributed by atoms with E-state index < -0.39 is 0 Å². The minimum atomic E-state index is -0.191. The zero-order chi connectivity index (χ0) is 15.5. The van der Waals surface area contributed by atoms with Crippen LogP contribution >= 0.6 is 0 Å². The minimum absolute atomic E-state index is 0.0780. The number of nitrogens with zero attached hydrogens (tertiary/aromatic N) is 2. The Hall–Kier alpha value is -1.59. The highest BCUT2D eigenvalue weighted by Crippen LogP contribution is 2.25. The fourth-order valence-corrected chi connectivity index (χ4v) is 3.52. The van der Waals surface area contributed by atoms with Crippen molar-refractivity contribution in [1.29, 1.82) is 0 Å². The molecule has 2 aliphatic rings. The lowest BCUT2D eigenvalue weighted by Crippen LogP contribution is -2.53. The number of hydrogen-bond acceptors (Lipinski definition) is 4. The van der Waals surface area contributed by atoms with Gasteiger partial charge in [0.1, 0.15) is 5.75 Å². The summed E-state index contributed by atoms with van der Waals surface area (Å²) in [5, 5.41) is 10.0. The summed E-state index contributed by atoms with van der Waals surface area (Å²) in [6, 6.07) is 7.55. The first kappa shape index (κ1) is 15.3. The lowest BCUT2D eigenvalue weighted by atomic mass is 10.1. The summed E-state index contributed by atoms with van der Waals surface area (Å²) in [4.78, 5) is 16.8. The van der Waals surface area contributed by atoms with Crippen molar-refractivity contribution in [3.05, 3.63) is 29.8 Å². The van der Waals surface area contributed by atoms with Gasteiger partial charge < -0.3 is 14.7 Å². The summed E-state index contributed by atoms with van der Waals surface area (Å²) in [6.07, 6.45) is 2.91. The van der Waals surface area contributed by atoms with Gasteiger partial charge in [-0.15, -0.1) is 0 Å². The second-order valence-electron chi connectivity index (χ2n) is 6.12. The number of piperazine rings is 1. The molecule has 5 nitrogen and oxygen atoms in total. The van der Waals surface area contributed by atoms with Crippen LogP contribution in [0, 0.1) is 0 Å². The van der Waals surface area contributed by atoms with Gasteiger partial charge in [0, 0.05) is 37.8 Å². The highest BCUT2D eigenvalue weighted by molar-refractivity contribution is 5.94. The summed E-state index contributed by atoms with van der Waals surface area (Å²) in [5.74, 6) is 0.839. The van der Waals surface area contributed by atoms with Gasteiger partial charge in [0.15, 0.2) is 0 Å². The molecule has 2 fully saturated rings. The van der Waals surface area contributed by atoms with Crippen molar-refractivity contribution < 1.29 is 14.6 Å². The van der Waals surface area contributed by atoms with Crippen LogP contribution < -0.4 is 4.74 Å². The van der Waals surface area contributed by atoms with Crippen LogP contribution in [0.3, 0.4) is 0 Å². The Kier molecular flexibility index (Phi) is 4.64. The molecule has 1 heterocycles. The third-order valence-corrected chi connectivity index (χ3v) is 4.85. The summed E-state index contributed by atoms with van der Waals surface area (Å²) in [6.45, 7) is 3.16. The molecular weight excluding hydrogens is 280 g/mol. The number of aliphatic hydroxyl groups excluding tert-OH is 1. The van der Waals surface area contributed by atoms with Gasteiger partial charge in [-0.1, -0.05) is 0 Å². The monoisotopic (exact) mass is 304 g/mol. The molecule has 1 aromatic carbocycles. The fraction of sp³-hybridized carbons (Fsp3) is 0.588. The predicted octanol–water partition coefficient (Wildman–Crippen LogP) is 1.37. The predicted molar refractivity (Wildman–Crippen MR) is 84.1 cm³/mol. The van der Waals surface area contributed by atoms with E-state index >= 15 is 0 Å². The normalized spacial score (nSPS) is 26.2. The molecule has 1 N–H and O–H groups in total. The Morgan fingerprint density at radius 1 is 1.14 bits per heavy atom. The Morgan fingerprint density at radius 3 is 2.36 bits per heavy atom. The van der Waals surface area contributed by atoms with Crippen LogP contribution in [0.25, 0.3) is 0 Å². The Bertz CT molecular complexity index is 509. The van der Waals surface area contributed by atoms with Crippen molar-refractivity contribution in [2.45, 2.75) is 31.4 Å². The third-order valence-electron chi connectivity index (χ3n) is 4.85. The molecule has 0 bridgehead atoms. The third kappa shape index (κ3) is 3.10. The lowest BCUT2D eigenvalue weighted by molar-refractivity contribution is 0.0315. The Balaban J connectivity index is 1.57. The maximum Gasteiger partial charge on any atom is 0.253 e. The van der Waals surface area contributed by atoms with Crippen molar-refractivity contribution in [2.75, 3.05) is 33.3 Å². The van der Waals surface area contributed by atoms with Gasteiger partial charge in [-0.25, -0.2) is 0 Å². The van der Waals surface area contributed by atoms with Gasteiger partial charge in [0.2, 0.25) is 0 Å². The first-order chi connectivity index (χ1) is 10.7. The van der Waals surface area contributed by atoms with Crippen molar-refractivity contribution in [1.82, 2.24) is 9.80 Å². The summed E-state index contributed by atoms with van der Waals surface area (Å²) in [5.41, 5.74) is 0.704. The standard InChI is InChI=1S/C17H24N2O3/c1-22-14-7-5-13(6-8-14)17(21)19-11-9-18(10-12-19)15-3-2-4-16(15)20/h5-8,15-16,20H,2-4,9-12H2,1H3/t15-,16-/m1/s1. The molecule has 1 amide bonds. The summed E-state index contributed by atoms with van der Waals surface area (Å²) < 4.78 is 5.12. The van der Waals surface area contributed by atoms with Crippen LogP contribution in [-0.4, -0.2) is 66.2 Å². The van der Waals surface area contributed by atoms with E-state index in [0.29, 0.717) is 11.6 Å². The number of aliphatic hydroxyl groups is 1. The first-order valence-electron chi connectivity index (χ1n) is 8.04. The molecule has 1 aliphatic carbocycles. The number of amides is 1. The summed E-state index contributed by atoms with van der Waals surface area (Å²) >= 11 is 0. The molecule has 1 aromatic rings. The van der Waals surface area contributed by atoms with Crippen LogP contribution in [0.4, 0.5) is 0 Å². The van der Waals surface area contributed by atoms with Crippen LogP contribution in [0.2, 0.25) is 0 Å². The van der Waals surface area contributed by atoms with Crippen LogP contribution in [0.1, 0.15) is 29.6 Å². The van der Waals surface area contributed by atoms with E-state index in [9.17, 15) is 9.90 Å². The van der Waals surface area contributed by atoms with Crippen molar-refractivity contribution in [3.8, 4) is 5.75 Å². The molecule has 5 heteroatoms. The van der Waals surface area contributed by atoms with Crippen molar-refractivity contribution >= 4 is 5.91 Å². The van der Waals surface area contributed by atoms with Crippen molar-refractivity contribution in [3.63, 3.8) is 0 Å². The molecule has 0 radical (unpaired) electrons. The van der Waals surface area contributed by atoms with Gasteiger partial charge in [0.25, 0.3) is 5.91 Å². The molecule has 0 unspecified atom stereocenters. The van der Waals surface area contributed by atoms with Crippen molar-refractivity contribution in [2.24, 2.45) is 0 Å². The molecule has 1 aliphatic heterocycles. The van der Waals surface area contributed by atoms with E-state index in [1.807, 2.05) is 29.2 Å². The smallest absolute Gasteiger partial charge is 0.253 e. The maximum atomic E-state index is 12.5. The second kappa shape index (κ2) is 6.67. The van der Waals surface area contributed by atoms with E-state index in [1.54, 1.807) is 7.11 Å². The SMILES string of the molecule is COc1ccc(C(=O)N2CCN([C@@H]3CCC[C@H]3O)CC2)cc1. The van der Waals surface area contributed by atoms with E-state index in [1.165, 1.54) is 0 Å². The number of benzene rings is 1.